The maximum atomic E-state index is 12.5. The molecule has 2 unspecified atom stereocenters. The fourth-order valence-electron chi connectivity index (χ4n) is 6.04. The first-order chi connectivity index (χ1) is 23.4. The molecule has 48 heavy (non-hydrogen) atoms. The molecule has 0 aromatic heterocycles. The van der Waals surface area contributed by atoms with Gasteiger partial charge >= 0.3 is 13.2 Å². The van der Waals surface area contributed by atoms with Crippen LogP contribution in [0.25, 0.3) is 0 Å². The normalized spacial score (nSPS) is 18.7. The lowest BCUT2D eigenvalue weighted by Crippen LogP contribution is -2.42. The molecule has 0 bridgehead atoms. The summed E-state index contributed by atoms with van der Waals surface area (Å²) in [5.74, 6) is 0.465. The number of rotatable bonds is 12. The van der Waals surface area contributed by atoms with Crippen LogP contribution in [0.2, 0.25) is 0 Å². The van der Waals surface area contributed by atoms with Crippen LogP contribution in [0, 0.1) is 0 Å². The third-order valence-electron chi connectivity index (χ3n) is 8.22. The van der Waals surface area contributed by atoms with E-state index in [2.05, 4.69) is 43.5 Å². The molecule has 2 heterocycles. The van der Waals surface area contributed by atoms with Gasteiger partial charge in [0.2, 0.25) is 0 Å². The van der Waals surface area contributed by atoms with E-state index in [0.717, 1.165) is 50.4 Å². The summed E-state index contributed by atoms with van der Waals surface area (Å²) < 4.78 is 71.0. The zero-order valence-corrected chi connectivity index (χ0v) is 26.8. The molecule has 2 aliphatic rings. The molecule has 0 amide bonds. The van der Waals surface area contributed by atoms with Crippen molar-refractivity contribution in [2.45, 2.75) is 51.4 Å². The van der Waals surface area contributed by atoms with E-state index in [1.165, 1.54) is 11.1 Å². The highest BCUT2D eigenvalue weighted by Crippen LogP contribution is 2.25. The molecular weight excluding hydrogens is 624 g/mol. The second kappa shape index (κ2) is 18.5. The quantitative estimate of drug-likeness (QED) is 0.146. The number of ether oxygens (including phenoxy) is 4. The molecule has 2 fully saturated rings. The lowest BCUT2D eigenvalue weighted by atomic mass is 10.0. The number of morpholine rings is 2. The Hall–Kier alpha value is -3.96. The SMILES string of the molecule is FC(F)Oc1ccccc1CC1CN(Cc2ccccc2)CCO1.FC(F)Oc1ccccc1CC1CN(Cc2ccccc2)CCO1. The van der Waals surface area contributed by atoms with Crippen molar-refractivity contribution >= 4 is 0 Å². The van der Waals surface area contributed by atoms with Crippen LogP contribution in [0.5, 0.6) is 11.5 Å². The molecule has 0 aliphatic carbocycles. The van der Waals surface area contributed by atoms with Crippen LogP contribution in [0.4, 0.5) is 17.6 Å². The summed E-state index contributed by atoms with van der Waals surface area (Å²) in [5.41, 5.74) is 4.04. The van der Waals surface area contributed by atoms with E-state index in [1.54, 1.807) is 24.3 Å². The zero-order chi connectivity index (χ0) is 33.6. The van der Waals surface area contributed by atoms with Gasteiger partial charge in [0, 0.05) is 52.1 Å². The molecule has 0 N–H and O–H groups in total. The van der Waals surface area contributed by atoms with E-state index in [4.69, 9.17) is 9.47 Å². The average Bonchev–Trinajstić information content (AvgIpc) is 3.08. The number of hydrogen-bond acceptors (Lipinski definition) is 6. The number of alkyl halides is 4. The van der Waals surface area contributed by atoms with Crippen LogP contribution in [0.1, 0.15) is 22.3 Å². The van der Waals surface area contributed by atoms with E-state index in [9.17, 15) is 17.6 Å². The van der Waals surface area contributed by atoms with Gasteiger partial charge in [-0.15, -0.1) is 0 Å². The van der Waals surface area contributed by atoms with E-state index in [-0.39, 0.29) is 23.7 Å². The van der Waals surface area contributed by atoms with Crippen molar-refractivity contribution in [3.05, 3.63) is 131 Å². The van der Waals surface area contributed by atoms with Gasteiger partial charge in [-0.2, -0.15) is 17.6 Å². The Morgan fingerprint density at radius 3 is 1.31 bits per heavy atom. The largest absolute Gasteiger partial charge is 0.435 e. The van der Waals surface area contributed by atoms with Crippen LogP contribution < -0.4 is 9.47 Å². The minimum Gasteiger partial charge on any atom is -0.435 e. The highest BCUT2D eigenvalue weighted by molar-refractivity contribution is 5.35. The molecular formula is C38H42F4N2O4. The summed E-state index contributed by atoms with van der Waals surface area (Å²) in [4.78, 5) is 4.67. The predicted molar refractivity (Wildman–Crippen MR) is 176 cm³/mol. The average molecular weight is 667 g/mol. The predicted octanol–water partition coefficient (Wildman–Crippen LogP) is 7.46. The Morgan fingerprint density at radius 1 is 0.542 bits per heavy atom. The molecule has 4 aromatic carbocycles. The molecule has 0 radical (unpaired) electrons. The van der Waals surface area contributed by atoms with Crippen LogP contribution >= 0.6 is 0 Å². The lowest BCUT2D eigenvalue weighted by molar-refractivity contribution is -0.0530. The molecule has 6 rings (SSSR count). The van der Waals surface area contributed by atoms with E-state index >= 15 is 0 Å². The summed E-state index contributed by atoms with van der Waals surface area (Å²) in [6.45, 7) is 0.717. The monoisotopic (exact) mass is 666 g/mol. The highest BCUT2D eigenvalue weighted by atomic mass is 19.3. The molecule has 256 valence electrons. The smallest absolute Gasteiger partial charge is 0.387 e. The minimum atomic E-state index is -2.81. The molecule has 2 saturated heterocycles. The number of para-hydroxylation sites is 2. The summed E-state index contributed by atoms with van der Waals surface area (Å²) in [7, 11) is 0. The van der Waals surface area contributed by atoms with Crippen LogP contribution in [-0.4, -0.2) is 74.6 Å². The third kappa shape index (κ3) is 11.6. The Labute approximate surface area is 279 Å². The molecule has 2 atom stereocenters. The van der Waals surface area contributed by atoms with Crippen molar-refractivity contribution in [3.63, 3.8) is 0 Å². The van der Waals surface area contributed by atoms with Crippen molar-refractivity contribution in [2.24, 2.45) is 0 Å². The van der Waals surface area contributed by atoms with Crippen molar-refractivity contribution in [1.29, 1.82) is 0 Å². The van der Waals surface area contributed by atoms with Crippen molar-refractivity contribution < 1.29 is 36.5 Å². The van der Waals surface area contributed by atoms with Gasteiger partial charge in [-0.3, -0.25) is 9.80 Å². The number of benzene rings is 4. The fourth-order valence-corrected chi connectivity index (χ4v) is 6.04. The lowest BCUT2D eigenvalue weighted by Gasteiger charge is -2.33. The van der Waals surface area contributed by atoms with Gasteiger partial charge < -0.3 is 18.9 Å². The first-order valence-corrected chi connectivity index (χ1v) is 16.2. The summed E-state index contributed by atoms with van der Waals surface area (Å²) in [6, 6.07) is 34.4. The second-order valence-corrected chi connectivity index (χ2v) is 11.8. The molecule has 0 saturated carbocycles. The second-order valence-electron chi connectivity index (χ2n) is 11.8. The summed E-state index contributed by atoms with van der Waals surface area (Å²) in [5, 5.41) is 0. The Morgan fingerprint density at radius 2 is 0.917 bits per heavy atom. The van der Waals surface area contributed by atoms with Gasteiger partial charge in [0.05, 0.1) is 25.4 Å². The van der Waals surface area contributed by atoms with Crippen LogP contribution in [0.3, 0.4) is 0 Å². The third-order valence-corrected chi connectivity index (χ3v) is 8.22. The van der Waals surface area contributed by atoms with Gasteiger partial charge in [-0.25, -0.2) is 0 Å². The molecule has 0 spiro atoms. The Balaban J connectivity index is 0.000000188. The van der Waals surface area contributed by atoms with E-state index < -0.39 is 13.2 Å². The minimum absolute atomic E-state index is 0.0233. The number of nitrogens with zero attached hydrogens (tertiary/aromatic N) is 2. The summed E-state index contributed by atoms with van der Waals surface area (Å²) in [6.07, 6.45) is 1.08. The van der Waals surface area contributed by atoms with Gasteiger partial charge in [0.25, 0.3) is 0 Å². The van der Waals surface area contributed by atoms with Crippen molar-refractivity contribution in [3.8, 4) is 11.5 Å². The van der Waals surface area contributed by atoms with Gasteiger partial charge in [0.1, 0.15) is 11.5 Å². The molecule has 2 aliphatic heterocycles. The maximum Gasteiger partial charge on any atom is 0.387 e. The Kier molecular flexibility index (Phi) is 13.7. The van der Waals surface area contributed by atoms with Gasteiger partial charge in [-0.05, 0) is 34.4 Å². The van der Waals surface area contributed by atoms with Crippen LogP contribution in [0.15, 0.2) is 109 Å². The van der Waals surface area contributed by atoms with Gasteiger partial charge in [0.15, 0.2) is 0 Å². The standard InChI is InChI=1S/2C19H21F2NO2/c2*20-19(21)24-18-9-5-4-8-16(18)12-17-14-22(10-11-23-17)13-15-6-2-1-3-7-15/h2*1-9,17,19H,10-14H2. The van der Waals surface area contributed by atoms with E-state index in [1.807, 2.05) is 60.7 Å². The molecule has 10 heteroatoms. The van der Waals surface area contributed by atoms with Crippen LogP contribution in [-0.2, 0) is 35.4 Å². The van der Waals surface area contributed by atoms with Gasteiger partial charge in [-0.1, -0.05) is 97.1 Å². The number of halogens is 4. The van der Waals surface area contributed by atoms with E-state index in [0.29, 0.717) is 26.1 Å². The maximum absolute atomic E-state index is 12.5. The summed E-state index contributed by atoms with van der Waals surface area (Å²) >= 11 is 0. The number of hydrogen-bond donors (Lipinski definition) is 0. The molecule has 6 nitrogen and oxygen atoms in total. The Bertz CT molecular complexity index is 1390. The zero-order valence-electron chi connectivity index (χ0n) is 26.8. The first-order valence-electron chi connectivity index (χ1n) is 16.2. The fraction of sp³-hybridized carbons (Fsp3) is 0.368. The van der Waals surface area contributed by atoms with Crippen molar-refractivity contribution in [1.82, 2.24) is 9.80 Å². The topological polar surface area (TPSA) is 43.4 Å². The first kappa shape index (κ1) is 35.3. The van der Waals surface area contributed by atoms with Crippen molar-refractivity contribution in [2.75, 3.05) is 39.4 Å². The molecule has 4 aromatic rings. The highest BCUT2D eigenvalue weighted by Gasteiger charge is 2.24.